The number of carbonyl (C=O) groups excluding carboxylic acids is 1. The van der Waals surface area contributed by atoms with Crippen LogP contribution in [-0.2, 0) is 4.79 Å². The fourth-order valence-electron chi connectivity index (χ4n) is 1.50. The van der Waals surface area contributed by atoms with Gasteiger partial charge < -0.3 is 16.4 Å². The van der Waals surface area contributed by atoms with Gasteiger partial charge in [-0.25, -0.2) is 0 Å². The Balaban J connectivity index is 2.15. The lowest BCUT2D eigenvalue weighted by molar-refractivity contribution is -0.119. The summed E-state index contributed by atoms with van der Waals surface area (Å²) in [7, 11) is 0. The summed E-state index contributed by atoms with van der Waals surface area (Å²) in [5.41, 5.74) is 5.52. The van der Waals surface area contributed by atoms with Crippen LogP contribution in [0, 0.1) is 5.92 Å². The Hall–Kier alpha value is -0.610. The van der Waals surface area contributed by atoms with E-state index in [4.69, 9.17) is 5.73 Å². The van der Waals surface area contributed by atoms with Crippen molar-refractivity contribution in [3.05, 3.63) is 0 Å². The van der Waals surface area contributed by atoms with Gasteiger partial charge in [0.2, 0.25) is 5.91 Å². The first-order chi connectivity index (χ1) is 5.72. The monoisotopic (exact) mass is 171 g/mol. The van der Waals surface area contributed by atoms with Crippen LogP contribution in [-0.4, -0.2) is 31.6 Å². The van der Waals surface area contributed by atoms with Crippen LogP contribution in [0.5, 0.6) is 0 Å². The molecule has 4 nitrogen and oxygen atoms in total. The molecule has 12 heavy (non-hydrogen) atoms. The van der Waals surface area contributed by atoms with Crippen LogP contribution in [0.1, 0.15) is 13.3 Å². The van der Waals surface area contributed by atoms with Gasteiger partial charge in [0, 0.05) is 19.5 Å². The number of nitrogens with one attached hydrogen (secondary N) is 2. The van der Waals surface area contributed by atoms with Gasteiger partial charge in [0.25, 0.3) is 0 Å². The third-order valence-corrected chi connectivity index (χ3v) is 2.24. The Morgan fingerprint density at radius 2 is 2.50 bits per heavy atom. The van der Waals surface area contributed by atoms with Gasteiger partial charge >= 0.3 is 0 Å². The van der Waals surface area contributed by atoms with E-state index in [-0.39, 0.29) is 5.91 Å². The van der Waals surface area contributed by atoms with Crippen LogP contribution in [0.2, 0.25) is 0 Å². The van der Waals surface area contributed by atoms with Gasteiger partial charge in [-0.2, -0.15) is 0 Å². The first-order valence-corrected chi connectivity index (χ1v) is 4.40. The zero-order valence-corrected chi connectivity index (χ0v) is 7.47. The molecule has 4 heteroatoms. The molecule has 1 aliphatic rings. The quantitative estimate of drug-likeness (QED) is 0.513. The second-order valence-corrected chi connectivity index (χ2v) is 3.38. The normalized spacial score (nSPS) is 28.8. The smallest absolute Gasteiger partial charge is 0.216 e. The predicted molar refractivity (Wildman–Crippen MR) is 47.6 cm³/mol. The maximum Gasteiger partial charge on any atom is 0.216 e. The van der Waals surface area contributed by atoms with Gasteiger partial charge in [-0.3, -0.25) is 4.79 Å². The van der Waals surface area contributed by atoms with Crippen molar-refractivity contribution in [3.63, 3.8) is 0 Å². The maximum atomic E-state index is 10.6. The van der Waals surface area contributed by atoms with E-state index in [1.807, 2.05) is 0 Å². The Kier molecular flexibility index (Phi) is 3.49. The van der Waals surface area contributed by atoms with Crippen LogP contribution < -0.4 is 16.4 Å². The minimum Gasteiger partial charge on any atom is -0.355 e. The molecule has 1 heterocycles. The molecule has 0 aromatic rings. The Morgan fingerprint density at radius 3 is 3.00 bits per heavy atom. The molecule has 0 aliphatic carbocycles. The third kappa shape index (κ3) is 2.79. The average molecular weight is 171 g/mol. The summed E-state index contributed by atoms with van der Waals surface area (Å²) in [6.07, 6.45) is 1.08. The van der Waals surface area contributed by atoms with E-state index in [1.165, 1.54) is 6.92 Å². The molecular formula is C8H17N3O. The Morgan fingerprint density at radius 1 is 1.75 bits per heavy atom. The standard InChI is InChI=1S/C8H17N3O/c1-6(12)10-5-8-2-7(3-9)4-11-8/h7-8,11H,2-5,9H2,1H3,(H,10,12)/t7-,8-/m0/s1. The molecule has 0 aromatic heterocycles. The van der Waals surface area contributed by atoms with Gasteiger partial charge in [-0.15, -0.1) is 0 Å². The second-order valence-electron chi connectivity index (χ2n) is 3.38. The predicted octanol–water partition coefficient (Wildman–Crippen LogP) is -0.941. The number of nitrogens with two attached hydrogens (primary N) is 1. The van der Waals surface area contributed by atoms with Crippen molar-refractivity contribution in [2.24, 2.45) is 11.7 Å². The van der Waals surface area contributed by atoms with E-state index in [0.717, 1.165) is 26.1 Å². The second kappa shape index (κ2) is 4.42. The van der Waals surface area contributed by atoms with Crippen molar-refractivity contribution in [2.45, 2.75) is 19.4 Å². The zero-order chi connectivity index (χ0) is 8.97. The zero-order valence-electron chi connectivity index (χ0n) is 7.47. The number of hydrogen-bond donors (Lipinski definition) is 3. The van der Waals surface area contributed by atoms with Crippen molar-refractivity contribution >= 4 is 5.91 Å². The van der Waals surface area contributed by atoms with Gasteiger partial charge in [-0.1, -0.05) is 0 Å². The summed E-state index contributed by atoms with van der Waals surface area (Å²) in [6, 6.07) is 0.419. The molecule has 0 aromatic carbocycles. The van der Waals surface area contributed by atoms with Crippen LogP contribution in [0.15, 0.2) is 0 Å². The Labute approximate surface area is 72.9 Å². The molecule has 0 radical (unpaired) electrons. The number of amides is 1. The molecule has 1 rings (SSSR count). The highest BCUT2D eigenvalue weighted by atomic mass is 16.1. The van der Waals surface area contributed by atoms with Gasteiger partial charge in [0.15, 0.2) is 0 Å². The SMILES string of the molecule is CC(=O)NC[C@@H]1C[C@@H](CN)CN1. The summed E-state index contributed by atoms with van der Waals surface area (Å²) in [5, 5.41) is 6.11. The van der Waals surface area contributed by atoms with E-state index in [9.17, 15) is 4.79 Å². The van der Waals surface area contributed by atoms with Crippen LogP contribution in [0.4, 0.5) is 0 Å². The lowest BCUT2D eigenvalue weighted by atomic mass is 10.1. The van der Waals surface area contributed by atoms with E-state index in [2.05, 4.69) is 10.6 Å². The molecule has 0 unspecified atom stereocenters. The topological polar surface area (TPSA) is 67.2 Å². The summed E-state index contributed by atoms with van der Waals surface area (Å²) in [5.74, 6) is 0.622. The van der Waals surface area contributed by atoms with Crippen LogP contribution >= 0.6 is 0 Å². The van der Waals surface area contributed by atoms with Crippen molar-refractivity contribution in [1.29, 1.82) is 0 Å². The minimum atomic E-state index is 0.0352. The minimum absolute atomic E-state index is 0.0352. The van der Waals surface area contributed by atoms with Gasteiger partial charge in [0.1, 0.15) is 0 Å². The molecule has 2 atom stereocenters. The third-order valence-electron chi connectivity index (χ3n) is 2.24. The first-order valence-electron chi connectivity index (χ1n) is 4.40. The highest BCUT2D eigenvalue weighted by molar-refractivity contribution is 5.72. The van der Waals surface area contributed by atoms with E-state index in [0.29, 0.717) is 12.0 Å². The molecular weight excluding hydrogens is 154 g/mol. The van der Waals surface area contributed by atoms with Crippen molar-refractivity contribution in [1.82, 2.24) is 10.6 Å². The fourth-order valence-corrected chi connectivity index (χ4v) is 1.50. The first kappa shape index (κ1) is 9.48. The van der Waals surface area contributed by atoms with Crippen molar-refractivity contribution in [3.8, 4) is 0 Å². The lowest BCUT2D eigenvalue weighted by Crippen LogP contribution is -2.35. The largest absolute Gasteiger partial charge is 0.355 e. The van der Waals surface area contributed by atoms with E-state index in [1.54, 1.807) is 0 Å². The van der Waals surface area contributed by atoms with E-state index >= 15 is 0 Å². The summed E-state index contributed by atoms with van der Waals surface area (Å²) < 4.78 is 0. The molecule has 1 aliphatic heterocycles. The van der Waals surface area contributed by atoms with E-state index < -0.39 is 0 Å². The van der Waals surface area contributed by atoms with Crippen LogP contribution in [0.25, 0.3) is 0 Å². The lowest BCUT2D eigenvalue weighted by Gasteiger charge is -2.09. The van der Waals surface area contributed by atoms with Crippen molar-refractivity contribution < 1.29 is 4.79 Å². The molecule has 1 amide bonds. The molecule has 70 valence electrons. The molecule has 0 bridgehead atoms. The van der Waals surface area contributed by atoms with Crippen LogP contribution in [0.3, 0.4) is 0 Å². The summed E-state index contributed by atoms with van der Waals surface area (Å²) in [4.78, 5) is 10.6. The molecule has 4 N–H and O–H groups in total. The molecule has 1 saturated heterocycles. The summed E-state index contributed by atoms with van der Waals surface area (Å²) in [6.45, 7) is 3.99. The number of rotatable bonds is 3. The summed E-state index contributed by atoms with van der Waals surface area (Å²) >= 11 is 0. The molecule has 1 fully saturated rings. The molecule has 0 spiro atoms. The average Bonchev–Trinajstić information content (AvgIpc) is 2.48. The van der Waals surface area contributed by atoms with Gasteiger partial charge in [-0.05, 0) is 25.4 Å². The fraction of sp³-hybridized carbons (Fsp3) is 0.875. The number of carbonyl (C=O) groups is 1. The van der Waals surface area contributed by atoms with Gasteiger partial charge in [0.05, 0.1) is 0 Å². The highest BCUT2D eigenvalue weighted by Crippen LogP contribution is 2.11. The maximum absolute atomic E-state index is 10.6. The molecule has 0 saturated carbocycles. The highest BCUT2D eigenvalue weighted by Gasteiger charge is 2.22. The Bertz CT molecular complexity index is 160. The van der Waals surface area contributed by atoms with Crippen molar-refractivity contribution in [2.75, 3.05) is 19.6 Å². The number of hydrogen-bond acceptors (Lipinski definition) is 3.